The van der Waals surface area contributed by atoms with Crippen LogP contribution < -0.4 is 10.1 Å². The van der Waals surface area contributed by atoms with Crippen LogP contribution in [0.2, 0.25) is 0 Å². The summed E-state index contributed by atoms with van der Waals surface area (Å²) >= 11 is 0. The molecule has 0 fully saturated rings. The van der Waals surface area contributed by atoms with Crippen LogP contribution in [0.1, 0.15) is 25.8 Å². The van der Waals surface area contributed by atoms with E-state index in [0.717, 1.165) is 17.2 Å². The molecule has 0 radical (unpaired) electrons. The van der Waals surface area contributed by atoms with Crippen molar-refractivity contribution >= 4 is 17.8 Å². The van der Waals surface area contributed by atoms with Gasteiger partial charge in [0.25, 0.3) is 0 Å². The molecule has 3 rings (SSSR count). The van der Waals surface area contributed by atoms with Gasteiger partial charge < -0.3 is 14.8 Å². The lowest BCUT2D eigenvalue weighted by molar-refractivity contribution is -0.191. The topological polar surface area (TPSA) is 81.7 Å². The second-order valence-electron chi connectivity index (χ2n) is 6.57. The van der Waals surface area contributed by atoms with Crippen LogP contribution in [-0.2, 0) is 19.1 Å². The molecule has 0 aliphatic rings. The lowest BCUT2D eigenvalue weighted by atomic mass is 10.2. The molecule has 0 saturated carbocycles. The molecule has 0 atom stereocenters. The van der Waals surface area contributed by atoms with Crippen LogP contribution in [0.5, 0.6) is 11.5 Å². The van der Waals surface area contributed by atoms with Crippen molar-refractivity contribution in [3.8, 4) is 11.5 Å². The Morgan fingerprint density at radius 1 is 0.848 bits per heavy atom. The molecule has 6 heteroatoms. The summed E-state index contributed by atoms with van der Waals surface area (Å²) in [6.07, 6.45) is 2.61. The molecular weight excluding hydrogens is 418 g/mol. The Kier molecular flexibility index (Phi) is 13.5. The Morgan fingerprint density at radius 3 is 1.76 bits per heavy atom. The number of carbonyl (C=O) groups is 1. The van der Waals surface area contributed by atoms with E-state index in [-0.39, 0.29) is 12.1 Å². The third-order valence-electron chi connectivity index (χ3n) is 4.11. The van der Waals surface area contributed by atoms with Gasteiger partial charge >= 0.3 is 12.1 Å². The highest BCUT2D eigenvalue weighted by atomic mass is 16.5. The average Bonchev–Trinajstić information content (AvgIpc) is 2.83. The zero-order valence-electron chi connectivity index (χ0n) is 19.1. The molecule has 0 aromatic heterocycles. The summed E-state index contributed by atoms with van der Waals surface area (Å²) in [5.41, 5.74) is 2.82. The first kappa shape index (κ1) is 26.9. The summed E-state index contributed by atoms with van der Waals surface area (Å²) in [5, 5.41) is 3.10. The SMILES string of the molecule is CCOC(=O)/C(=C/Nc1ccc(C)cc1)CC.O=C=O.c1ccc(Oc2ccccc2)cc1. The number of benzene rings is 3. The Balaban J connectivity index is 0.000000302. The highest BCUT2D eigenvalue weighted by molar-refractivity contribution is 5.88. The zero-order valence-corrected chi connectivity index (χ0v) is 19.1. The van der Waals surface area contributed by atoms with E-state index >= 15 is 0 Å². The molecule has 0 bridgehead atoms. The van der Waals surface area contributed by atoms with Crippen LogP contribution in [0.4, 0.5) is 5.69 Å². The Labute approximate surface area is 194 Å². The smallest absolute Gasteiger partial charge is 0.373 e. The van der Waals surface area contributed by atoms with Gasteiger partial charge in [-0.15, -0.1) is 0 Å². The number of ether oxygens (including phenoxy) is 2. The van der Waals surface area contributed by atoms with Crippen molar-refractivity contribution in [2.24, 2.45) is 0 Å². The summed E-state index contributed by atoms with van der Waals surface area (Å²) in [6.45, 7) is 6.18. The van der Waals surface area contributed by atoms with Gasteiger partial charge in [-0.3, -0.25) is 0 Å². The van der Waals surface area contributed by atoms with Crippen molar-refractivity contribution in [1.29, 1.82) is 0 Å². The van der Waals surface area contributed by atoms with Crippen LogP contribution >= 0.6 is 0 Å². The van der Waals surface area contributed by atoms with Gasteiger partial charge in [-0.2, -0.15) is 9.59 Å². The highest BCUT2D eigenvalue weighted by Crippen LogP contribution is 2.19. The van der Waals surface area contributed by atoms with E-state index in [9.17, 15) is 4.79 Å². The van der Waals surface area contributed by atoms with Crippen molar-refractivity contribution in [3.63, 3.8) is 0 Å². The van der Waals surface area contributed by atoms with E-state index in [4.69, 9.17) is 19.1 Å². The predicted molar refractivity (Wildman–Crippen MR) is 128 cm³/mol. The predicted octanol–water partition coefficient (Wildman–Crippen LogP) is 6.16. The molecule has 0 aliphatic carbocycles. The van der Waals surface area contributed by atoms with E-state index in [2.05, 4.69) is 5.32 Å². The van der Waals surface area contributed by atoms with Crippen LogP contribution in [0.15, 0.2) is 96.7 Å². The number of rotatable bonds is 7. The second kappa shape index (κ2) is 16.5. The maximum Gasteiger partial charge on any atom is 0.373 e. The van der Waals surface area contributed by atoms with Gasteiger partial charge in [0.1, 0.15) is 11.5 Å². The summed E-state index contributed by atoms with van der Waals surface area (Å²) < 4.78 is 10.5. The molecular formula is C27H29NO5. The molecule has 3 aromatic carbocycles. The van der Waals surface area contributed by atoms with Crippen LogP contribution in [-0.4, -0.2) is 18.7 Å². The molecule has 0 unspecified atom stereocenters. The number of hydrogen-bond acceptors (Lipinski definition) is 6. The van der Waals surface area contributed by atoms with Crippen molar-refractivity contribution in [3.05, 3.63) is 102 Å². The summed E-state index contributed by atoms with van der Waals surface area (Å²) in [7, 11) is 0. The van der Waals surface area contributed by atoms with E-state index < -0.39 is 0 Å². The van der Waals surface area contributed by atoms with Gasteiger partial charge in [0, 0.05) is 11.9 Å². The first-order chi connectivity index (χ1) is 16.0. The number of para-hydroxylation sites is 2. The molecule has 3 aromatic rings. The minimum absolute atomic E-state index is 0.250. The summed E-state index contributed by atoms with van der Waals surface area (Å²) in [6, 6.07) is 27.5. The monoisotopic (exact) mass is 447 g/mol. The average molecular weight is 448 g/mol. The van der Waals surface area contributed by atoms with Gasteiger partial charge in [-0.05, 0) is 56.7 Å². The van der Waals surface area contributed by atoms with Gasteiger partial charge in [0.2, 0.25) is 0 Å². The Morgan fingerprint density at radius 2 is 1.33 bits per heavy atom. The molecule has 0 spiro atoms. The number of hydrogen-bond donors (Lipinski definition) is 1. The third-order valence-corrected chi connectivity index (χ3v) is 4.11. The Bertz CT molecular complexity index is 956. The molecule has 6 nitrogen and oxygen atoms in total. The largest absolute Gasteiger partial charge is 0.463 e. The van der Waals surface area contributed by atoms with Gasteiger partial charge in [0.15, 0.2) is 0 Å². The third kappa shape index (κ3) is 11.7. The van der Waals surface area contributed by atoms with E-state index in [1.54, 1.807) is 13.1 Å². The Hall–Kier alpha value is -4.15. The highest BCUT2D eigenvalue weighted by Gasteiger charge is 2.07. The number of esters is 1. The molecule has 0 heterocycles. The second-order valence-corrected chi connectivity index (χ2v) is 6.57. The first-order valence-corrected chi connectivity index (χ1v) is 10.5. The fourth-order valence-corrected chi connectivity index (χ4v) is 2.46. The first-order valence-electron chi connectivity index (χ1n) is 10.5. The van der Waals surface area contributed by atoms with E-state index in [1.807, 2.05) is 98.8 Å². The van der Waals surface area contributed by atoms with Crippen LogP contribution in [0.25, 0.3) is 0 Å². The minimum Gasteiger partial charge on any atom is -0.463 e. The lowest BCUT2D eigenvalue weighted by Gasteiger charge is -2.06. The zero-order chi connectivity index (χ0) is 24.3. The van der Waals surface area contributed by atoms with Crippen molar-refractivity contribution in [2.45, 2.75) is 27.2 Å². The van der Waals surface area contributed by atoms with Crippen LogP contribution in [0.3, 0.4) is 0 Å². The fourth-order valence-electron chi connectivity index (χ4n) is 2.46. The van der Waals surface area contributed by atoms with Crippen molar-refractivity contribution < 1.29 is 23.9 Å². The van der Waals surface area contributed by atoms with E-state index in [0.29, 0.717) is 18.6 Å². The molecule has 0 amide bonds. The molecule has 172 valence electrons. The van der Waals surface area contributed by atoms with E-state index in [1.165, 1.54) is 5.56 Å². The quantitative estimate of drug-likeness (QED) is 0.345. The summed E-state index contributed by atoms with van der Waals surface area (Å²) in [5.74, 6) is 1.48. The molecule has 1 N–H and O–H groups in total. The fraction of sp³-hybridized carbons (Fsp3) is 0.185. The number of anilines is 1. The number of carbonyl (C=O) groups excluding carboxylic acids is 3. The van der Waals surface area contributed by atoms with Crippen LogP contribution in [0, 0.1) is 6.92 Å². The van der Waals surface area contributed by atoms with Crippen molar-refractivity contribution in [1.82, 2.24) is 0 Å². The van der Waals surface area contributed by atoms with Gasteiger partial charge in [-0.25, -0.2) is 4.79 Å². The lowest BCUT2D eigenvalue weighted by Crippen LogP contribution is -2.08. The molecule has 0 aliphatic heterocycles. The van der Waals surface area contributed by atoms with Crippen molar-refractivity contribution in [2.75, 3.05) is 11.9 Å². The standard InChI is InChI=1S/C14H19NO2.C12H10O.CO2/c1-4-12(14(16)17-5-2)10-15-13-8-6-11(3)7-9-13;1-3-7-11(8-4-1)13-12-9-5-2-6-10-12;2-1-3/h6-10,15H,4-5H2,1-3H3;1-10H;/b12-10+;;. The number of nitrogens with one attached hydrogen (secondary N) is 1. The normalized spacial score (nSPS) is 9.73. The molecule has 0 saturated heterocycles. The summed E-state index contributed by atoms with van der Waals surface area (Å²) in [4.78, 5) is 27.8. The van der Waals surface area contributed by atoms with Gasteiger partial charge in [-0.1, -0.05) is 61.0 Å². The van der Waals surface area contributed by atoms with Gasteiger partial charge in [0.05, 0.1) is 12.2 Å². The number of aryl methyl sites for hydroxylation is 1. The maximum atomic E-state index is 11.5. The maximum absolute atomic E-state index is 11.5. The molecule has 33 heavy (non-hydrogen) atoms. The minimum atomic E-state index is -0.255.